The van der Waals surface area contributed by atoms with Crippen molar-refractivity contribution in [1.82, 2.24) is 0 Å². The molecule has 1 aliphatic rings. The molecule has 0 spiro atoms. The number of nitrogens with zero attached hydrogens (tertiary/aromatic N) is 1. The molecule has 2 aromatic rings. The van der Waals surface area contributed by atoms with E-state index >= 15 is 0 Å². The zero-order valence-electron chi connectivity index (χ0n) is 13.5. The monoisotopic (exact) mass is 365 g/mol. The van der Waals surface area contributed by atoms with Gasteiger partial charge in [0.15, 0.2) is 23.3 Å². The van der Waals surface area contributed by atoms with Gasteiger partial charge in [0, 0.05) is 12.1 Å². The highest BCUT2D eigenvalue weighted by atomic mass is 19.2. The van der Waals surface area contributed by atoms with Crippen molar-refractivity contribution in [2.24, 2.45) is 4.99 Å². The Balaban J connectivity index is 1.87. The summed E-state index contributed by atoms with van der Waals surface area (Å²) < 4.78 is 72.5. The van der Waals surface area contributed by atoms with E-state index in [0.29, 0.717) is 11.5 Å². The molecule has 0 atom stereocenters. The van der Waals surface area contributed by atoms with Gasteiger partial charge in [0.25, 0.3) is 0 Å². The third-order valence-corrected chi connectivity index (χ3v) is 3.82. The first-order chi connectivity index (χ1) is 12.4. The first-order valence-electron chi connectivity index (χ1n) is 7.54. The van der Waals surface area contributed by atoms with Crippen LogP contribution < -0.4 is 4.74 Å². The highest BCUT2D eigenvalue weighted by Crippen LogP contribution is 2.31. The van der Waals surface area contributed by atoms with E-state index in [9.17, 15) is 22.0 Å². The smallest absolute Gasteiger partial charge is 0.200 e. The van der Waals surface area contributed by atoms with E-state index in [1.165, 1.54) is 6.08 Å². The molecule has 0 saturated carbocycles. The van der Waals surface area contributed by atoms with E-state index < -0.39 is 34.6 Å². The highest BCUT2D eigenvalue weighted by molar-refractivity contribution is 6.05. The number of aliphatic imine (C=N–C) groups is 1. The van der Waals surface area contributed by atoms with Crippen molar-refractivity contribution in [3.8, 4) is 5.75 Å². The summed E-state index contributed by atoms with van der Waals surface area (Å²) in [5.41, 5.74) is -0.0423. The van der Waals surface area contributed by atoms with Crippen molar-refractivity contribution >= 4 is 17.5 Å². The van der Waals surface area contributed by atoms with Crippen LogP contribution in [0.5, 0.6) is 5.75 Å². The highest BCUT2D eigenvalue weighted by Gasteiger charge is 2.28. The van der Waals surface area contributed by atoms with Gasteiger partial charge in [0.1, 0.15) is 5.75 Å². The summed E-state index contributed by atoms with van der Waals surface area (Å²) in [5.74, 6) is -9.26. The molecule has 0 unspecified atom stereocenters. The average molecular weight is 365 g/mol. The Morgan fingerprint density at radius 1 is 0.846 bits per heavy atom. The van der Waals surface area contributed by atoms with Gasteiger partial charge in [0.05, 0.1) is 18.4 Å². The third-order valence-electron chi connectivity index (χ3n) is 3.82. The van der Waals surface area contributed by atoms with E-state index in [1.807, 2.05) is 0 Å². The van der Waals surface area contributed by atoms with Crippen LogP contribution in [0.1, 0.15) is 17.5 Å². The topological polar surface area (TPSA) is 21.6 Å². The molecule has 0 saturated heterocycles. The number of benzene rings is 2. The van der Waals surface area contributed by atoms with Crippen LogP contribution in [0.4, 0.5) is 22.0 Å². The van der Waals surface area contributed by atoms with Gasteiger partial charge in [-0.05, 0) is 23.8 Å². The fourth-order valence-corrected chi connectivity index (χ4v) is 2.45. The molecule has 0 amide bonds. The number of methoxy groups -OCH3 is 1. The lowest BCUT2D eigenvalue weighted by Crippen LogP contribution is -2.05. The summed E-state index contributed by atoms with van der Waals surface area (Å²) in [5, 5.41) is 0. The molecule has 7 heteroatoms. The molecular weight excluding hydrogens is 353 g/mol. The molecule has 0 aliphatic carbocycles. The van der Waals surface area contributed by atoms with E-state index in [4.69, 9.17) is 4.74 Å². The van der Waals surface area contributed by atoms with Gasteiger partial charge >= 0.3 is 0 Å². The molecule has 1 heterocycles. The van der Waals surface area contributed by atoms with Crippen molar-refractivity contribution in [2.75, 3.05) is 7.11 Å². The fourth-order valence-electron chi connectivity index (χ4n) is 2.45. The Morgan fingerprint density at radius 2 is 1.42 bits per heavy atom. The molecule has 134 valence electrons. The van der Waals surface area contributed by atoms with Crippen LogP contribution in [-0.4, -0.2) is 12.8 Å². The van der Waals surface area contributed by atoms with Gasteiger partial charge in [-0.3, -0.25) is 4.99 Å². The van der Waals surface area contributed by atoms with Gasteiger partial charge in [-0.25, -0.2) is 22.0 Å². The molecule has 26 heavy (non-hydrogen) atoms. The second-order valence-electron chi connectivity index (χ2n) is 5.45. The maximum Gasteiger partial charge on any atom is 0.200 e. The lowest BCUT2D eigenvalue weighted by molar-refractivity contribution is 0.376. The number of rotatable bonds is 4. The Morgan fingerprint density at radius 3 is 2.00 bits per heavy atom. The van der Waals surface area contributed by atoms with E-state index in [2.05, 4.69) is 4.99 Å². The largest absolute Gasteiger partial charge is 0.497 e. The normalized spacial score (nSPS) is 13.9. The second kappa shape index (κ2) is 7.11. The number of hydrogen-bond acceptors (Lipinski definition) is 2. The Kier molecular flexibility index (Phi) is 4.88. The molecule has 1 aliphatic heterocycles. The van der Waals surface area contributed by atoms with Crippen molar-refractivity contribution in [3.05, 3.63) is 76.6 Å². The quantitative estimate of drug-likeness (QED) is 0.410. The molecule has 0 bridgehead atoms. The molecule has 0 fully saturated rings. The van der Waals surface area contributed by atoms with Gasteiger partial charge < -0.3 is 4.74 Å². The summed E-state index contributed by atoms with van der Waals surface area (Å²) in [6, 6.07) is 7.11. The molecule has 0 radical (unpaired) electrons. The Labute approximate surface area is 145 Å². The van der Waals surface area contributed by atoms with Crippen LogP contribution in [0.15, 0.2) is 41.4 Å². The zero-order chi connectivity index (χ0) is 18.8. The lowest BCUT2D eigenvalue weighted by atomic mass is 10.1. The minimum atomic E-state index is -2.19. The first kappa shape index (κ1) is 17.8. The predicted molar refractivity (Wildman–Crippen MR) is 88.3 cm³/mol. The summed E-state index contributed by atoms with van der Waals surface area (Å²) in [6.07, 6.45) is 4.85. The Hall–Kier alpha value is -2.96. The minimum absolute atomic E-state index is 0.210. The predicted octanol–water partition coefficient (Wildman–Crippen LogP) is 5.29. The number of halogens is 5. The van der Waals surface area contributed by atoms with E-state index in [1.54, 1.807) is 43.5 Å². The molecule has 2 aromatic carbocycles. The maximum absolute atomic E-state index is 13.8. The lowest BCUT2D eigenvalue weighted by Gasteiger charge is -2.07. The van der Waals surface area contributed by atoms with Crippen molar-refractivity contribution in [2.45, 2.75) is 6.42 Å². The maximum atomic E-state index is 13.8. The second-order valence-corrected chi connectivity index (χ2v) is 5.45. The van der Waals surface area contributed by atoms with E-state index in [-0.39, 0.29) is 12.1 Å². The van der Waals surface area contributed by atoms with Crippen molar-refractivity contribution in [3.63, 3.8) is 0 Å². The first-order valence-corrected chi connectivity index (χ1v) is 7.54. The minimum Gasteiger partial charge on any atom is -0.497 e. The van der Waals surface area contributed by atoms with Crippen LogP contribution in [0.2, 0.25) is 0 Å². The standard InChI is InChI=1S/C19H12F5NO/c1-26-12-7-3-10(4-8-12)2-5-11-6-9-13(25-11)14-15(20)17(22)19(24)18(23)16(14)21/h2-5,7-9H,6H2,1H3/b5-2+. The SMILES string of the molecule is COc1ccc(/C=C/C2=NC(c3c(F)c(F)c(F)c(F)c3F)=CC2)cc1. The van der Waals surface area contributed by atoms with Crippen LogP contribution in [0.25, 0.3) is 11.8 Å². The van der Waals surface area contributed by atoms with Crippen molar-refractivity contribution in [1.29, 1.82) is 0 Å². The average Bonchev–Trinajstić information content (AvgIpc) is 3.12. The van der Waals surface area contributed by atoms with Crippen LogP contribution in [0.3, 0.4) is 0 Å². The zero-order valence-corrected chi connectivity index (χ0v) is 13.5. The summed E-state index contributed by atoms with van der Waals surface area (Å²) in [4.78, 5) is 3.97. The fraction of sp³-hybridized carbons (Fsp3) is 0.105. The molecule has 2 nitrogen and oxygen atoms in total. The van der Waals surface area contributed by atoms with Gasteiger partial charge in [-0.1, -0.05) is 24.3 Å². The summed E-state index contributed by atoms with van der Waals surface area (Å²) in [6.45, 7) is 0. The van der Waals surface area contributed by atoms with E-state index in [0.717, 1.165) is 5.56 Å². The van der Waals surface area contributed by atoms with Gasteiger partial charge in [-0.15, -0.1) is 0 Å². The van der Waals surface area contributed by atoms with Gasteiger partial charge in [0.2, 0.25) is 5.82 Å². The molecule has 0 aromatic heterocycles. The van der Waals surface area contributed by atoms with Crippen molar-refractivity contribution < 1.29 is 26.7 Å². The van der Waals surface area contributed by atoms with Crippen LogP contribution in [-0.2, 0) is 0 Å². The van der Waals surface area contributed by atoms with Gasteiger partial charge in [-0.2, -0.15) is 0 Å². The third kappa shape index (κ3) is 3.24. The Bertz CT molecular complexity index is 916. The molecule has 3 rings (SSSR count). The summed E-state index contributed by atoms with van der Waals surface area (Å²) >= 11 is 0. The van der Waals surface area contributed by atoms with Crippen LogP contribution in [0, 0.1) is 29.1 Å². The molecular formula is C19H12F5NO. The van der Waals surface area contributed by atoms with Crippen LogP contribution >= 0.6 is 0 Å². The number of allylic oxidation sites excluding steroid dienone is 2. The summed E-state index contributed by atoms with van der Waals surface area (Å²) in [7, 11) is 1.55. The molecule has 0 N–H and O–H groups in total. The number of hydrogen-bond donors (Lipinski definition) is 0. The number of ether oxygens (including phenoxy) is 1.